The second kappa shape index (κ2) is 7.56. The third kappa shape index (κ3) is 4.05. The van der Waals surface area contributed by atoms with Crippen LogP contribution in [0, 0.1) is 5.92 Å². The fourth-order valence-corrected chi connectivity index (χ4v) is 3.18. The van der Waals surface area contributed by atoms with Gasteiger partial charge in [0, 0.05) is 0 Å². The van der Waals surface area contributed by atoms with Crippen molar-refractivity contribution in [2.45, 2.75) is 38.3 Å². The Bertz CT molecular complexity index is 730. The number of aliphatic hydroxyl groups excluding tert-OH is 1. The molecule has 0 radical (unpaired) electrons. The Morgan fingerprint density at radius 1 is 1.33 bits per heavy atom. The average Bonchev–Trinajstić information content (AvgIpc) is 3.47. The molecule has 146 valence electrons. The van der Waals surface area contributed by atoms with Crippen LogP contribution < -0.4 is 10.1 Å². The van der Waals surface area contributed by atoms with E-state index < -0.39 is 23.6 Å². The molecular weight excluding hydrogens is 352 g/mol. The van der Waals surface area contributed by atoms with Gasteiger partial charge < -0.3 is 19.9 Å². The van der Waals surface area contributed by atoms with Crippen molar-refractivity contribution in [1.82, 2.24) is 10.2 Å². The van der Waals surface area contributed by atoms with E-state index in [1.54, 1.807) is 38.1 Å². The third-order valence-electron chi connectivity index (χ3n) is 4.90. The standard InChI is InChI=1S/C19H24N2O6/c1-3-26-16(23)12-4-8-15(9-5-12)27-11-14(22)10-21-17(24)19(2,13-6-7-13)20-18(21)25/h4-5,8-9,13-14,22H,3,6-7,10-11H2,1-2H3,(H,20,25). The van der Waals surface area contributed by atoms with E-state index in [9.17, 15) is 19.5 Å². The SMILES string of the molecule is CCOC(=O)c1ccc(OCC(O)CN2C(=O)NC(C)(C3CC3)C2=O)cc1. The maximum Gasteiger partial charge on any atom is 0.338 e. The Hall–Kier alpha value is -2.61. The Morgan fingerprint density at radius 2 is 2.00 bits per heavy atom. The van der Waals surface area contributed by atoms with Gasteiger partial charge in [0.2, 0.25) is 0 Å². The number of rotatable bonds is 8. The van der Waals surface area contributed by atoms with E-state index in [0.29, 0.717) is 17.9 Å². The zero-order valence-corrected chi connectivity index (χ0v) is 15.4. The van der Waals surface area contributed by atoms with Crippen LogP contribution in [0.3, 0.4) is 0 Å². The fraction of sp³-hybridized carbons (Fsp3) is 0.526. The van der Waals surface area contributed by atoms with Crippen LogP contribution in [0.1, 0.15) is 37.0 Å². The van der Waals surface area contributed by atoms with Gasteiger partial charge in [-0.25, -0.2) is 9.59 Å². The van der Waals surface area contributed by atoms with Crippen LogP contribution in [-0.4, -0.2) is 59.3 Å². The first-order valence-electron chi connectivity index (χ1n) is 9.07. The summed E-state index contributed by atoms with van der Waals surface area (Å²) in [5.74, 6) is -0.0819. The number of β-amino-alcohol motifs (C(OH)–C–C–N with tert-alkyl or cyclic N) is 1. The Kier molecular flexibility index (Phi) is 5.36. The summed E-state index contributed by atoms with van der Waals surface area (Å²) < 4.78 is 10.4. The van der Waals surface area contributed by atoms with E-state index in [1.807, 2.05) is 0 Å². The summed E-state index contributed by atoms with van der Waals surface area (Å²) >= 11 is 0. The smallest absolute Gasteiger partial charge is 0.338 e. The predicted octanol–water partition coefficient (Wildman–Crippen LogP) is 1.32. The molecular formula is C19H24N2O6. The number of ether oxygens (including phenoxy) is 2. The molecule has 2 N–H and O–H groups in total. The zero-order chi connectivity index (χ0) is 19.6. The number of urea groups is 1. The van der Waals surface area contributed by atoms with Gasteiger partial charge in [-0.2, -0.15) is 0 Å². The van der Waals surface area contributed by atoms with Crippen LogP contribution in [0.25, 0.3) is 0 Å². The number of carbonyl (C=O) groups excluding carboxylic acids is 3. The maximum atomic E-state index is 12.5. The van der Waals surface area contributed by atoms with Gasteiger partial charge in [-0.15, -0.1) is 0 Å². The highest BCUT2D eigenvalue weighted by Crippen LogP contribution is 2.42. The number of hydrogen-bond acceptors (Lipinski definition) is 6. The quantitative estimate of drug-likeness (QED) is 0.524. The summed E-state index contributed by atoms with van der Waals surface area (Å²) in [6.07, 6.45) is 0.819. The highest BCUT2D eigenvalue weighted by molar-refractivity contribution is 6.07. The normalized spacial score (nSPS) is 23.1. The second-order valence-electron chi connectivity index (χ2n) is 7.03. The number of benzene rings is 1. The van der Waals surface area contributed by atoms with E-state index >= 15 is 0 Å². The largest absolute Gasteiger partial charge is 0.491 e. The maximum absolute atomic E-state index is 12.5. The van der Waals surface area contributed by atoms with E-state index in [1.165, 1.54) is 0 Å². The molecule has 1 aromatic rings. The van der Waals surface area contributed by atoms with E-state index in [-0.39, 0.29) is 25.0 Å². The van der Waals surface area contributed by atoms with Gasteiger partial charge in [-0.3, -0.25) is 9.69 Å². The van der Waals surface area contributed by atoms with Gasteiger partial charge in [0.1, 0.15) is 24.0 Å². The lowest BCUT2D eigenvalue weighted by Gasteiger charge is -2.22. The molecule has 2 atom stereocenters. The first-order valence-corrected chi connectivity index (χ1v) is 9.07. The van der Waals surface area contributed by atoms with Crippen molar-refractivity contribution in [3.05, 3.63) is 29.8 Å². The van der Waals surface area contributed by atoms with Gasteiger partial charge in [-0.05, 0) is 56.9 Å². The Labute approximate surface area is 157 Å². The van der Waals surface area contributed by atoms with Crippen molar-refractivity contribution in [3.8, 4) is 5.75 Å². The van der Waals surface area contributed by atoms with Crippen molar-refractivity contribution >= 4 is 17.9 Å². The fourth-order valence-electron chi connectivity index (χ4n) is 3.18. The summed E-state index contributed by atoms with van der Waals surface area (Å²) in [5.41, 5.74) is -0.455. The molecule has 1 saturated heterocycles. The summed E-state index contributed by atoms with van der Waals surface area (Å²) in [6.45, 7) is 3.55. The van der Waals surface area contributed by atoms with E-state index in [0.717, 1.165) is 17.7 Å². The van der Waals surface area contributed by atoms with Crippen molar-refractivity contribution in [1.29, 1.82) is 0 Å². The lowest BCUT2D eigenvalue weighted by Crippen LogP contribution is -2.46. The van der Waals surface area contributed by atoms with Crippen molar-refractivity contribution in [3.63, 3.8) is 0 Å². The molecule has 2 fully saturated rings. The number of carbonyl (C=O) groups is 3. The molecule has 3 amide bonds. The molecule has 1 saturated carbocycles. The molecule has 1 aliphatic heterocycles. The lowest BCUT2D eigenvalue weighted by molar-refractivity contribution is -0.132. The summed E-state index contributed by atoms with van der Waals surface area (Å²) in [7, 11) is 0. The highest BCUT2D eigenvalue weighted by atomic mass is 16.5. The molecule has 3 rings (SSSR count). The Balaban J connectivity index is 1.51. The van der Waals surface area contributed by atoms with E-state index in [2.05, 4.69) is 5.32 Å². The van der Waals surface area contributed by atoms with Crippen LogP contribution in [0.15, 0.2) is 24.3 Å². The molecule has 0 bridgehead atoms. The van der Waals surface area contributed by atoms with Crippen LogP contribution >= 0.6 is 0 Å². The molecule has 2 unspecified atom stereocenters. The summed E-state index contributed by atoms with van der Waals surface area (Å²) in [6, 6.07) is 5.84. The van der Waals surface area contributed by atoms with Gasteiger partial charge in [0.05, 0.1) is 18.7 Å². The van der Waals surface area contributed by atoms with Crippen molar-refractivity contribution in [2.24, 2.45) is 5.92 Å². The number of amides is 3. The Morgan fingerprint density at radius 3 is 2.59 bits per heavy atom. The molecule has 1 aromatic carbocycles. The molecule has 0 aromatic heterocycles. The minimum Gasteiger partial charge on any atom is -0.491 e. The molecule has 1 heterocycles. The zero-order valence-electron chi connectivity index (χ0n) is 15.4. The van der Waals surface area contributed by atoms with Gasteiger partial charge in [0.15, 0.2) is 0 Å². The number of esters is 1. The molecule has 2 aliphatic rings. The van der Waals surface area contributed by atoms with Crippen LogP contribution in [0.5, 0.6) is 5.75 Å². The van der Waals surface area contributed by atoms with Gasteiger partial charge in [-0.1, -0.05) is 0 Å². The first-order chi connectivity index (χ1) is 12.8. The summed E-state index contributed by atoms with van der Waals surface area (Å²) in [4.78, 5) is 37.3. The van der Waals surface area contributed by atoms with Crippen LogP contribution in [0.4, 0.5) is 4.79 Å². The number of imide groups is 1. The highest BCUT2D eigenvalue weighted by Gasteiger charge is 2.56. The molecule has 8 heteroatoms. The second-order valence-corrected chi connectivity index (χ2v) is 7.03. The van der Waals surface area contributed by atoms with Crippen molar-refractivity contribution < 1.29 is 29.0 Å². The minimum atomic E-state index is -1.02. The van der Waals surface area contributed by atoms with Crippen LogP contribution in [0.2, 0.25) is 0 Å². The van der Waals surface area contributed by atoms with Crippen molar-refractivity contribution in [2.75, 3.05) is 19.8 Å². The number of hydrogen-bond donors (Lipinski definition) is 2. The minimum absolute atomic E-state index is 0.0873. The lowest BCUT2D eigenvalue weighted by atomic mass is 9.96. The molecule has 1 aliphatic carbocycles. The number of aliphatic hydroxyl groups is 1. The van der Waals surface area contributed by atoms with E-state index in [4.69, 9.17) is 9.47 Å². The number of nitrogens with one attached hydrogen (secondary N) is 1. The molecule has 0 spiro atoms. The van der Waals surface area contributed by atoms with Crippen LogP contribution in [-0.2, 0) is 9.53 Å². The molecule has 8 nitrogen and oxygen atoms in total. The van der Waals surface area contributed by atoms with Gasteiger partial charge >= 0.3 is 12.0 Å². The van der Waals surface area contributed by atoms with Gasteiger partial charge in [0.25, 0.3) is 5.91 Å². The molecule has 27 heavy (non-hydrogen) atoms. The predicted molar refractivity (Wildman–Crippen MR) is 95.3 cm³/mol. The topological polar surface area (TPSA) is 105 Å². The summed E-state index contributed by atoms with van der Waals surface area (Å²) in [5, 5.41) is 12.9. The average molecular weight is 376 g/mol. The monoisotopic (exact) mass is 376 g/mol. The third-order valence-corrected chi connectivity index (χ3v) is 4.90. The number of nitrogens with zero attached hydrogens (tertiary/aromatic N) is 1. The first kappa shape index (κ1) is 19.2.